The Morgan fingerprint density at radius 2 is 1.73 bits per heavy atom. The van der Waals surface area contributed by atoms with Crippen molar-refractivity contribution in [3.8, 4) is 11.5 Å². The van der Waals surface area contributed by atoms with Crippen LogP contribution in [0.1, 0.15) is 11.1 Å². The molecule has 0 atom stereocenters. The SMILES string of the molecule is COc1ccc(OC)c(S(=O)(=O)N(CC(=O)Nc2cccc(Cl)c2C)Cc2ccccc2)c1. The highest BCUT2D eigenvalue weighted by Gasteiger charge is 2.30. The number of hydrogen-bond acceptors (Lipinski definition) is 5. The number of methoxy groups -OCH3 is 2. The molecule has 3 aromatic carbocycles. The predicted octanol–water partition coefficient (Wildman–Crippen LogP) is 4.50. The molecule has 174 valence electrons. The molecule has 0 heterocycles. The molecule has 0 spiro atoms. The number of carbonyl (C=O) groups is 1. The molecule has 0 aliphatic rings. The first-order valence-corrected chi connectivity index (χ1v) is 11.9. The fourth-order valence-electron chi connectivity index (χ4n) is 3.23. The summed E-state index contributed by atoms with van der Waals surface area (Å²) in [5, 5.41) is 3.26. The molecule has 0 radical (unpaired) electrons. The van der Waals surface area contributed by atoms with Crippen molar-refractivity contribution in [3.63, 3.8) is 0 Å². The quantitative estimate of drug-likeness (QED) is 0.479. The molecular formula is C24H25ClN2O5S. The second-order valence-electron chi connectivity index (χ2n) is 7.24. The van der Waals surface area contributed by atoms with Crippen LogP contribution in [0.25, 0.3) is 0 Å². The Morgan fingerprint density at radius 3 is 2.39 bits per heavy atom. The number of nitrogens with one attached hydrogen (secondary N) is 1. The predicted molar refractivity (Wildman–Crippen MR) is 128 cm³/mol. The van der Waals surface area contributed by atoms with E-state index in [1.54, 1.807) is 43.3 Å². The van der Waals surface area contributed by atoms with Crippen molar-refractivity contribution in [2.45, 2.75) is 18.4 Å². The lowest BCUT2D eigenvalue weighted by Crippen LogP contribution is -2.37. The van der Waals surface area contributed by atoms with E-state index in [0.717, 1.165) is 9.87 Å². The minimum atomic E-state index is -4.14. The Balaban J connectivity index is 1.97. The van der Waals surface area contributed by atoms with Gasteiger partial charge in [0.2, 0.25) is 15.9 Å². The Kier molecular flexibility index (Phi) is 7.97. The molecule has 33 heavy (non-hydrogen) atoms. The van der Waals surface area contributed by atoms with Crippen molar-refractivity contribution in [1.82, 2.24) is 4.31 Å². The Labute approximate surface area is 198 Å². The second-order valence-corrected chi connectivity index (χ2v) is 9.55. The number of ether oxygens (including phenoxy) is 2. The molecule has 1 N–H and O–H groups in total. The molecule has 0 fully saturated rings. The molecular weight excluding hydrogens is 464 g/mol. The highest BCUT2D eigenvalue weighted by molar-refractivity contribution is 7.89. The lowest BCUT2D eigenvalue weighted by atomic mass is 10.2. The van der Waals surface area contributed by atoms with Crippen molar-refractivity contribution in [2.75, 3.05) is 26.1 Å². The minimum Gasteiger partial charge on any atom is -0.497 e. The number of carbonyl (C=O) groups excluding carboxylic acids is 1. The van der Waals surface area contributed by atoms with Crippen LogP contribution in [0.4, 0.5) is 5.69 Å². The topological polar surface area (TPSA) is 84.9 Å². The van der Waals surface area contributed by atoms with Crippen LogP contribution in [0.15, 0.2) is 71.6 Å². The van der Waals surface area contributed by atoms with Crippen LogP contribution >= 0.6 is 11.6 Å². The molecule has 0 saturated heterocycles. The van der Waals surface area contributed by atoms with Gasteiger partial charge in [-0.05, 0) is 42.3 Å². The number of benzene rings is 3. The van der Waals surface area contributed by atoms with Gasteiger partial charge in [-0.3, -0.25) is 4.79 Å². The molecule has 9 heteroatoms. The van der Waals surface area contributed by atoms with E-state index >= 15 is 0 Å². The van der Waals surface area contributed by atoms with Crippen molar-refractivity contribution < 1.29 is 22.7 Å². The minimum absolute atomic E-state index is 0.00845. The lowest BCUT2D eigenvalue weighted by molar-refractivity contribution is -0.116. The number of sulfonamides is 1. The monoisotopic (exact) mass is 488 g/mol. The van der Waals surface area contributed by atoms with Gasteiger partial charge in [0.1, 0.15) is 16.4 Å². The maximum absolute atomic E-state index is 13.7. The Morgan fingerprint density at radius 1 is 1.00 bits per heavy atom. The maximum atomic E-state index is 13.7. The molecule has 0 aliphatic heterocycles. The summed E-state index contributed by atoms with van der Waals surface area (Å²) in [4.78, 5) is 12.8. The van der Waals surface area contributed by atoms with Gasteiger partial charge < -0.3 is 14.8 Å². The van der Waals surface area contributed by atoms with Gasteiger partial charge in [0, 0.05) is 23.3 Å². The lowest BCUT2D eigenvalue weighted by Gasteiger charge is -2.23. The zero-order valence-electron chi connectivity index (χ0n) is 18.5. The molecule has 3 aromatic rings. The van der Waals surface area contributed by atoms with E-state index in [-0.39, 0.29) is 17.2 Å². The molecule has 0 aliphatic carbocycles. The highest BCUT2D eigenvalue weighted by atomic mass is 35.5. The maximum Gasteiger partial charge on any atom is 0.247 e. The largest absolute Gasteiger partial charge is 0.497 e. The van der Waals surface area contributed by atoms with Crippen LogP contribution in [0.3, 0.4) is 0 Å². The number of amides is 1. The zero-order chi connectivity index (χ0) is 24.0. The average Bonchev–Trinajstić information content (AvgIpc) is 2.81. The van der Waals surface area contributed by atoms with Gasteiger partial charge in [-0.15, -0.1) is 0 Å². The highest BCUT2D eigenvalue weighted by Crippen LogP contribution is 2.31. The van der Waals surface area contributed by atoms with E-state index < -0.39 is 22.5 Å². The zero-order valence-corrected chi connectivity index (χ0v) is 20.1. The van der Waals surface area contributed by atoms with E-state index in [4.69, 9.17) is 21.1 Å². The van der Waals surface area contributed by atoms with Gasteiger partial charge in [-0.1, -0.05) is 48.0 Å². The van der Waals surface area contributed by atoms with Crippen molar-refractivity contribution in [3.05, 3.63) is 82.9 Å². The number of rotatable bonds is 9. The van der Waals surface area contributed by atoms with Crippen LogP contribution in [0.2, 0.25) is 5.02 Å². The standard InChI is InChI=1S/C24H25ClN2O5S/c1-17-20(25)10-7-11-21(17)26-24(28)16-27(15-18-8-5-4-6-9-18)33(29,30)23-14-19(31-2)12-13-22(23)32-3/h4-14H,15-16H2,1-3H3,(H,26,28). The molecule has 3 rings (SSSR count). The summed E-state index contributed by atoms with van der Waals surface area (Å²) in [5.74, 6) is 0.00901. The van der Waals surface area contributed by atoms with Gasteiger partial charge in [-0.2, -0.15) is 4.31 Å². The Hall–Kier alpha value is -3.07. The summed E-state index contributed by atoms with van der Waals surface area (Å²) in [6, 6.07) is 18.7. The van der Waals surface area contributed by atoms with E-state index in [0.29, 0.717) is 22.0 Å². The summed E-state index contributed by atoms with van der Waals surface area (Å²) < 4.78 is 39.0. The number of hydrogen-bond donors (Lipinski definition) is 1. The van der Waals surface area contributed by atoms with Gasteiger partial charge in [0.25, 0.3) is 0 Å². The summed E-state index contributed by atoms with van der Waals surface area (Å²) in [5.41, 5.74) is 1.94. The van der Waals surface area contributed by atoms with Crippen molar-refractivity contribution in [1.29, 1.82) is 0 Å². The number of anilines is 1. The third-order valence-corrected chi connectivity index (χ3v) is 7.27. The van der Waals surface area contributed by atoms with Crippen molar-refractivity contribution in [2.24, 2.45) is 0 Å². The number of nitrogens with zero attached hydrogens (tertiary/aromatic N) is 1. The van der Waals surface area contributed by atoms with Gasteiger partial charge >= 0.3 is 0 Å². The van der Waals surface area contributed by atoms with Gasteiger partial charge in [0.05, 0.1) is 20.8 Å². The molecule has 0 unspecified atom stereocenters. The number of halogens is 1. The fourth-order valence-corrected chi connectivity index (χ4v) is 4.96. The molecule has 0 bridgehead atoms. The second kappa shape index (κ2) is 10.7. The summed E-state index contributed by atoms with van der Waals surface area (Å²) in [6.45, 7) is 1.35. The van der Waals surface area contributed by atoms with E-state index in [9.17, 15) is 13.2 Å². The normalized spacial score (nSPS) is 11.3. The van der Waals surface area contributed by atoms with Crippen LogP contribution in [-0.4, -0.2) is 39.4 Å². The average molecular weight is 489 g/mol. The first-order chi connectivity index (χ1) is 15.8. The third-order valence-electron chi connectivity index (χ3n) is 5.05. The summed E-state index contributed by atoms with van der Waals surface area (Å²) >= 11 is 6.14. The molecule has 0 saturated carbocycles. The smallest absolute Gasteiger partial charge is 0.247 e. The first-order valence-electron chi connectivity index (χ1n) is 10.1. The van der Waals surface area contributed by atoms with E-state index in [1.165, 1.54) is 26.4 Å². The van der Waals surface area contributed by atoms with E-state index in [2.05, 4.69) is 5.32 Å². The third kappa shape index (κ3) is 5.84. The summed E-state index contributed by atoms with van der Waals surface area (Å²) in [6.07, 6.45) is 0. The van der Waals surface area contributed by atoms with Gasteiger partial charge in [-0.25, -0.2) is 8.42 Å². The Bertz CT molecular complexity index is 1230. The molecule has 7 nitrogen and oxygen atoms in total. The fraction of sp³-hybridized carbons (Fsp3) is 0.208. The van der Waals surface area contributed by atoms with Crippen LogP contribution in [-0.2, 0) is 21.4 Å². The summed E-state index contributed by atoms with van der Waals surface area (Å²) in [7, 11) is -1.31. The van der Waals surface area contributed by atoms with E-state index in [1.807, 2.05) is 18.2 Å². The first kappa shape index (κ1) is 24.6. The van der Waals surface area contributed by atoms with Crippen LogP contribution in [0.5, 0.6) is 11.5 Å². The van der Waals surface area contributed by atoms with Crippen LogP contribution in [0, 0.1) is 6.92 Å². The molecule has 1 amide bonds. The molecule has 0 aromatic heterocycles. The van der Waals surface area contributed by atoms with Crippen molar-refractivity contribution >= 4 is 33.2 Å². The van der Waals surface area contributed by atoms with Crippen LogP contribution < -0.4 is 14.8 Å². The van der Waals surface area contributed by atoms with Gasteiger partial charge in [0.15, 0.2) is 0 Å².